The first-order valence-corrected chi connectivity index (χ1v) is 12.2. The smallest absolute Gasteiger partial charge is 0.113 e. The third kappa shape index (κ3) is 5.07. The molecule has 32 heavy (non-hydrogen) atoms. The lowest BCUT2D eigenvalue weighted by Gasteiger charge is -2.32. The minimum Gasteiger partial charge on any atom is -0.380 e. The molecule has 1 fully saturated rings. The highest BCUT2D eigenvalue weighted by Crippen LogP contribution is 2.33. The summed E-state index contributed by atoms with van der Waals surface area (Å²) in [6, 6.07) is 18.0. The standard InChI is InChI=1S/C28H39N3O/c1-6-32-20-21(2)31-26-10-8-7-9-25(26)29-27(31)23-15-17-30(18-16-23)19-22-11-13-24(14-12-22)28(3,4)5/h7-14,21,23H,6,15-20H2,1-5H3. The van der Waals surface area contributed by atoms with E-state index in [1.165, 1.54) is 22.5 Å². The number of hydrogen-bond acceptors (Lipinski definition) is 3. The van der Waals surface area contributed by atoms with E-state index in [2.05, 4.69) is 92.6 Å². The Labute approximate surface area is 193 Å². The first kappa shape index (κ1) is 23.0. The van der Waals surface area contributed by atoms with Gasteiger partial charge in [-0.1, -0.05) is 57.2 Å². The summed E-state index contributed by atoms with van der Waals surface area (Å²) in [4.78, 5) is 7.69. The molecule has 172 valence electrons. The van der Waals surface area contributed by atoms with Gasteiger partial charge >= 0.3 is 0 Å². The lowest BCUT2D eigenvalue weighted by atomic mass is 9.86. The molecule has 0 bridgehead atoms. The van der Waals surface area contributed by atoms with E-state index in [9.17, 15) is 0 Å². The van der Waals surface area contributed by atoms with Crippen LogP contribution in [0, 0.1) is 0 Å². The Morgan fingerprint density at radius 3 is 2.38 bits per heavy atom. The third-order valence-electron chi connectivity index (χ3n) is 6.81. The fourth-order valence-electron chi connectivity index (χ4n) is 4.89. The van der Waals surface area contributed by atoms with Crippen molar-refractivity contribution in [3.8, 4) is 0 Å². The van der Waals surface area contributed by atoms with Crippen molar-refractivity contribution in [1.82, 2.24) is 14.5 Å². The van der Waals surface area contributed by atoms with Gasteiger partial charge in [0.05, 0.1) is 23.7 Å². The normalized spacial score (nSPS) is 17.2. The number of hydrogen-bond donors (Lipinski definition) is 0. The average Bonchev–Trinajstić information content (AvgIpc) is 3.17. The van der Waals surface area contributed by atoms with E-state index in [1.54, 1.807) is 0 Å². The van der Waals surface area contributed by atoms with Crippen LogP contribution < -0.4 is 0 Å². The van der Waals surface area contributed by atoms with Gasteiger partial charge in [-0.15, -0.1) is 0 Å². The van der Waals surface area contributed by atoms with Crippen LogP contribution in [0.15, 0.2) is 48.5 Å². The second-order valence-electron chi connectivity index (χ2n) is 10.3. The van der Waals surface area contributed by atoms with Gasteiger partial charge in [-0.25, -0.2) is 4.98 Å². The lowest BCUT2D eigenvalue weighted by Crippen LogP contribution is -2.33. The van der Waals surface area contributed by atoms with Crippen molar-refractivity contribution in [3.63, 3.8) is 0 Å². The molecule has 4 nitrogen and oxygen atoms in total. The number of likely N-dealkylation sites (tertiary alicyclic amines) is 1. The Hall–Kier alpha value is -2.17. The van der Waals surface area contributed by atoms with Crippen LogP contribution in [0.1, 0.15) is 76.4 Å². The number of benzene rings is 2. The van der Waals surface area contributed by atoms with Crippen LogP contribution in [0.25, 0.3) is 11.0 Å². The number of fused-ring (bicyclic) bond motifs is 1. The van der Waals surface area contributed by atoms with Crippen molar-refractivity contribution in [2.75, 3.05) is 26.3 Å². The molecule has 0 radical (unpaired) electrons. The van der Waals surface area contributed by atoms with Crippen molar-refractivity contribution in [2.24, 2.45) is 0 Å². The average molecular weight is 434 g/mol. The minimum absolute atomic E-state index is 0.210. The van der Waals surface area contributed by atoms with Crippen molar-refractivity contribution >= 4 is 11.0 Å². The van der Waals surface area contributed by atoms with Crippen LogP contribution in [0.3, 0.4) is 0 Å². The molecule has 1 saturated heterocycles. The maximum absolute atomic E-state index is 5.77. The number of para-hydroxylation sites is 2. The molecule has 0 saturated carbocycles. The number of aromatic nitrogens is 2. The fourth-order valence-corrected chi connectivity index (χ4v) is 4.89. The molecule has 2 heterocycles. The molecule has 4 heteroatoms. The zero-order valence-corrected chi connectivity index (χ0v) is 20.5. The molecule has 0 aliphatic carbocycles. The second-order valence-corrected chi connectivity index (χ2v) is 10.3. The maximum Gasteiger partial charge on any atom is 0.113 e. The highest BCUT2D eigenvalue weighted by molar-refractivity contribution is 5.76. The first-order valence-electron chi connectivity index (χ1n) is 12.2. The van der Waals surface area contributed by atoms with E-state index in [-0.39, 0.29) is 11.5 Å². The fraction of sp³-hybridized carbons (Fsp3) is 0.536. The van der Waals surface area contributed by atoms with Gasteiger partial charge in [0.25, 0.3) is 0 Å². The van der Waals surface area contributed by atoms with E-state index in [0.717, 1.165) is 51.2 Å². The minimum atomic E-state index is 0.210. The van der Waals surface area contributed by atoms with Crippen LogP contribution in [0.5, 0.6) is 0 Å². The maximum atomic E-state index is 5.77. The van der Waals surface area contributed by atoms with E-state index < -0.39 is 0 Å². The van der Waals surface area contributed by atoms with Crippen LogP contribution in [-0.4, -0.2) is 40.8 Å². The summed E-state index contributed by atoms with van der Waals surface area (Å²) in [6.07, 6.45) is 2.31. The molecule has 0 N–H and O–H groups in total. The van der Waals surface area contributed by atoms with Gasteiger partial charge in [-0.05, 0) is 68.5 Å². The van der Waals surface area contributed by atoms with Crippen LogP contribution in [-0.2, 0) is 16.7 Å². The molecule has 1 aromatic heterocycles. The molecule has 1 unspecified atom stereocenters. The molecule has 0 amide bonds. The summed E-state index contributed by atoms with van der Waals surface area (Å²) in [5, 5.41) is 0. The molecule has 0 spiro atoms. The van der Waals surface area contributed by atoms with Gasteiger partial charge in [0.1, 0.15) is 5.82 Å². The second kappa shape index (κ2) is 9.76. The topological polar surface area (TPSA) is 30.3 Å². The van der Waals surface area contributed by atoms with Gasteiger partial charge in [0.2, 0.25) is 0 Å². The van der Waals surface area contributed by atoms with E-state index in [4.69, 9.17) is 9.72 Å². The SMILES string of the molecule is CCOCC(C)n1c(C2CCN(Cc3ccc(C(C)(C)C)cc3)CC2)nc2ccccc21. The molecule has 1 aliphatic heterocycles. The monoisotopic (exact) mass is 433 g/mol. The summed E-state index contributed by atoms with van der Waals surface area (Å²) >= 11 is 0. The Balaban J connectivity index is 1.45. The zero-order chi connectivity index (χ0) is 22.7. The highest BCUT2D eigenvalue weighted by atomic mass is 16.5. The summed E-state index contributed by atoms with van der Waals surface area (Å²) < 4.78 is 8.21. The molecular formula is C28H39N3O. The third-order valence-corrected chi connectivity index (χ3v) is 6.81. The largest absolute Gasteiger partial charge is 0.380 e. The number of rotatable bonds is 7. The van der Waals surface area contributed by atoms with Crippen molar-refractivity contribution in [2.45, 2.75) is 71.4 Å². The number of piperidine rings is 1. The van der Waals surface area contributed by atoms with Crippen LogP contribution in [0.2, 0.25) is 0 Å². The summed E-state index contributed by atoms with van der Waals surface area (Å²) in [7, 11) is 0. The predicted octanol–water partition coefficient (Wildman–Crippen LogP) is 6.31. The van der Waals surface area contributed by atoms with Crippen molar-refractivity contribution in [1.29, 1.82) is 0 Å². The number of imidazole rings is 1. The van der Waals surface area contributed by atoms with E-state index >= 15 is 0 Å². The lowest BCUT2D eigenvalue weighted by molar-refractivity contribution is 0.117. The van der Waals surface area contributed by atoms with E-state index in [1.807, 2.05) is 0 Å². The zero-order valence-electron chi connectivity index (χ0n) is 20.5. The van der Waals surface area contributed by atoms with Crippen molar-refractivity contribution < 1.29 is 4.74 Å². The quantitative estimate of drug-likeness (QED) is 0.437. The summed E-state index contributed by atoms with van der Waals surface area (Å²) in [6.45, 7) is 15.9. The van der Waals surface area contributed by atoms with Gasteiger partial charge in [0, 0.05) is 19.1 Å². The summed E-state index contributed by atoms with van der Waals surface area (Å²) in [5.41, 5.74) is 5.36. The molecular weight excluding hydrogens is 394 g/mol. The Morgan fingerprint density at radius 2 is 1.72 bits per heavy atom. The molecule has 4 rings (SSSR count). The van der Waals surface area contributed by atoms with Crippen LogP contribution in [0.4, 0.5) is 0 Å². The Morgan fingerprint density at radius 1 is 1.03 bits per heavy atom. The van der Waals surface area contributed by atoms with Gasteiger partial charge in [-0.2, -0.15) is 0 Å². The molecule has 1 aliphatic rings. The number of nitrogens with zero attached hydrogens (tertiary/aromatic N) is 3. The van der Waals surface area contributed by atoms with E-state index in [0.29, 0.717) is 5.92 Å². The molecule has 3 aromatic rings. The molecule has 2 aromatic carbocycles. The van der Waals surface area contributed by atoms with Gasteiger partial charge < -0.3 is 9.30 Å². The Bertz CT molecular complexity index is 1010. The van der Waals surface area contributed by atoms with Crippen LogP contribution >= 0.6 is 0 Å². The first-order chi connectivity index (χ1) is 15.4. The predicted molar refractivity (Wildman–Crippen MR) is 133 cm³/mol. The summed E-state index contributed by atoms with van der Waals surface area (Å²) in [5.74, 6) is 1.75. The van der Waals surface area contributed by atoms with Crippen molar-refractivity contribution in [3.05, 3.63) is 65.5 Å². The van der Waals surface area contributed by atoms with Gasteiger partial charge in [-0.3, -0.25) is 4.90 Å². The highest BCUT2D eigenvalue weighted by Gasteiger charge is 2.27. The number of ether oxygens (including phenoxy) is 1. The molecule has 1 atom stereocenters. The van der Waals surface area contributed by atoms with Gasteiger partial charge in [0.15, 0.2) is 0 Å². The Kier molecular flexibility index (Phi) is 7.02.